The van der Waals surface area contributed by atoms with Gasteiger partial charge in [0.2, 0.25) is 0 Å². The molecule has 0 aromatic rings. The van der Waals surface area contributed by atoms with E-state index in [1.165, 1.54) is 0 Å². The van der Waals surface area contributed by atoms with E-state index in [9.17, 15) is 9.90 Å². The summed E-state index contributed by atoms with van der Waals surface area (Å²) < 4.78 is 5.07. The Morgan fingerprint density at radius 1 is 1.50 bits per heavy atom. The van der Waals surface area contributed by atoms with Crippen molar-refractivity contribution in [3.8, 4) is 0 Å². The largest absolute Gasteiger partial charge is 0.450 e. The molecule has 0 spiro atoms. The number of ether oxygens (including phenoxy) is 1. The van der Waals surface area contributed by atoms with Crippen LogP contribution in [0.4, 0.5) is 4.79 Å². The van der Waals surface area contributed by atoms with Crippen molar-refractivity contribution in [2.45, 2.75) is 44.0 Å². The maximum Gasteiger partial charge on any atom is 0.410 e. The first-order chi connectivity index (χ1) is 7.72. The molecule has 2 N–H and O–H groups in total. The van der Waals surface area contributed by atoms with Crippen molar-refractivity contribution in [2.75, 3.05) is 13.2 Å². The number of nitrogens with one attached hydrogen (secondary N) is 1. The first-order valence-electron chi connectivity index (χ1n) is 6.09. The molecule has 3 aliphatic heterocycles. The Morgan fingerprint density at radius 2 is 2.25 bits per heavy atom. The summed E-state index contributed by atoms with van der Waals surface area (Å²) >= 11 is 0. The molecule has 0 aromatic carbocycles. The zero-order chi connectivity index (χ0) is 11.3. The highest BCUT2D eigenvalue weighted by atomic mass is 16.6. The molecule has 90 valence electrons. The van der Waals surface area contributed by atoms with Crippen LogP contribution in [0.3, 0.4) is 0 Å². The molecule has 3 heterocycles. The molecule has 0 radical (unpaired) electrons. The highest BCUT2D eigenvalue weighted by Gasteiger charge is 2.57. The van der Waals surface area contributed by atoms with E-state index in [2.05, 4.69) is 5.32 Å². The number of carbonyl (C=O) groups excluding carboxylic acids is 1. The number of fused-ring (bicyclic) bond motifs is 2. The number of aliphatic hydroxyl groups is 1. The zero-order valence-corrected chi connectivity index (χ0v) is 9.43. The molecular formula is C11H18N2O3. The molecule has 3 rings (SSSR count). The lowest BCUT2D eigenvalue weighted by Crippen LogP contribution is -2.56. The Hall–Kier alpha value is -0.810. The van der Waals surface area contributed by atoms with E-state index in [4.69, 9.17) is 4.74 Å². The van der Waals surface area contributed by atoms with Crippen molar-refractivity contribution in [1.82, 2.24) is 10.2 Å². The number of hydrogen-bond acceptors (Lipinski definition) is 4. The van der Waals surface area contributed by atoms with E-state index in [0.29, 0.717) is 12.5 Å². The summed E-state index contributed by atoms with van der Waals surface area (Å²) in [5, 5.41) is 13.5. The maximum atomic E-state index is 11.8. The average Bonchev–Trinajstić information content (AvgIpc) is 2.37. The van der Waals surface area contributed by atoms with Gasteiger partial charge in [0.25, 0.3) is 0 Å². The van der Waals surface area contributed by atoms with Crippen LogP contribution in [0.25, 0.3) is 0 Å². The van der Waals surface area contributed by atoms with E-state index in [1.807, 2.05) is 6.92 Å². The van der Waals surface area contributed by atoms with Crippen LogP contribution < -0.4 is 5.32 Å². The summed E-state index contributed by atoms with van der Waals surface area (Å²) in [6, 6.07) is 0.141. The van der Waals surface area contributed by atoms with Gasteiger partial charge in [-0.2, -0.15) is 0 Å². The molecule has 3 aliphatic rings. The minimum absolute atomic E-state index is 0.0391. The van der Waals surface area contributed by atoms with Crippen molar-refractivity contribution < 1.29 is 14.6 Å². The standard InChI is InChI=1S/C11H18N2O3/c1-2-16-11(15)13-7-3-6-4-8(13)10(14)9(7)12-5-6/h6-10,12,14H,2-5H2,1H3/t6-,7-,8-,9-,10+/m0/s1. The Morgan fingerprint density at radius 3 is 3.00 bits per heavy atom. The molecule has 3 saturated heterocycles. The number of hydrogen-bond donors (Lipinski definition) is 2. The summed E-state index contributed by atoms with van der Waals surface area (Å²) in [6.07, 6.45) is 1.22. The van der Waals surface area contributed by atoms with Gasteiger partial charge in [0.1, 0.15) is 0 Å². The molecule has 5 nitrogen and oxygen atoms in total. The molecule has 1 amide bonds. The molecule has 5 atom stereocenters. The summed E-state index contributed by atoms with van der Waals surface area (Å²) in [7, 11) is 0. The lowest BCUT2D eigenvalue weighted by Gasteiger charge is -2.41. The van der Waals surface area contributed by atoms with Gasteiger partial charge in [0, 0.05) is 0 Å². The molecule has 3 fully saturated rings. The quantitative estimate of drug-likeness (QED) is 0.657. The number of rotatable bonds is 1. The zero-order valence-electron chi connectivity index (χ0n) is 9.43. The minimum atomic E-state index is -0.429. The first kappa shape index (κ1) is 10.4. The SMILES string of the molecule is CCOC(=O)N1[C@H]2C[C@H]3CN[C@H]([C@@H]2O)[C@@H]1C3. The third kappa shape index (κ3) is 1.28. The smallest absolute Gasteiger partial charge is 0.410 e. The van der Waals surface area contributed by atoms with Crippen LogP contribution in [-0.4, -0.2) is 53.5 Å². The lowest BCUT2D eigenvalue weighted by atomic mass is 9.88. The van der Waals surface area contributed by atoms with Crippen LogP contribution in [-0.2, 0) is 4.74 Å². The molecule has 3 bridgehead atoms. The van der Waals surface area contributed by atoms with Crippen LogP contribution in [0.5, 0.6) is 0 Å². The third-order valence-electron chi connectivity index (χ3n) is 4.16. The fraction of sp³-hybridized carbons (Fsp3) is 0.909. The first-order valence-corrected chi connectivity index (χ1v) is 6.09. The van der Waals surface area contributed by atoms with Gasteiger partial charge in [-0.25, -0.2) is 4.79 Å². The Kier molecular flexibility index (Phi) is 2.33. The maximum absolute atomic E-state index is 11.8. The molecule has 0 unspecified atom stereocenters. The van der Waals surface area contributed by atoms with Gasteiger partial charge >= 0.3 is 6.09 Å². The van der Waals surface area contributed by atoms with Gasteiger partial charge in [-0.1, -0.05) is 0 Å². The van der Waals surface area contributed by atoms with E-state index in [-0.39, 0.29) is 24.2 Å². The molecule has 0 aromatic heterocycles. The van der Waals surface area contributed by atoms with Gasteiger partial charge in [0.15, 0.2) is 0 Å². The second-order valence-electron chi connectivity index (χ2n) is 5.00. The number of carbonyl (C=O) groups is 1. The van der Waals surface area contributed by atoms with Crippen molar-refractivity contribution >= 4 is 6.09 Å². The van der Waals surface area contributed by atoms with Crippen LogP contribution in [0.1, 0.15) is 19.8 Å². The van der Waals surface area contributed by atoms with Crippen molar-refractivity contribution in [2.24, 2.45) is 5.92 Å². The normalized spacial score (nSPS) is 44.9. The van der Waals surface area contributed by atoms with Crippen LogP contribution in [0.15, 0.2) is 0 Å². The average molecular weight is 226 g/mol. The van der Waals surface area contributed by atoms with Crippen LogP contribution in [0, 0.1) is 5.92 Å². The molecular weight excluding hydrogens is 208 g/mol. The highest BCUT2D eigenvalue weighted by molar-refractivity contribution is 5.69. The third-order valence-corrected chi connectivity index (χ3v) is 4.16. The van der Waals surface area contributed by atoms with Gasteiger partial charge < -0.3 is 15.2 Å². The van der Waals surface area contributed by atoms with Crippen molar-refractivity contribution in [3.63, 3.8) is 0 Å². The number of nitrogens with zero attached hydrogens (tertiary/aromatic N) is 1. The topological polar surface area (TPSA) is 61.8 Å². The second kappa shape index (κ2) is 3.60. The second-order valence-corrected chi connectivity index (χ2v) is 5.00. The summed E-state index contributed by atoms with van der Waals surface area (Å²) in [4.78, 5) is 13.6. The predicted molar refractivity (Wildman–Crippen MR) is 57.0 cm³/mol. The van der Waals surface area contributed by atoms with Gasteiger partial charge in [0.05, 0.1) is 30.8 Å². The van der Waals surface area contributed by atoms with E-state index < -0.39 is 6.10 Å². The van der Waals surface area contributed by atoms with Gasteiger partial charge in [-0.15, -0.1) is 0 Å². The van der Waals surface area contributed by atoms with Gasteiger partial charge in [-0.05, 0) is 32.2 Å². The summed E-state index contributed by atoms with van der Waals surface area (Å²) in [5.41, 5.74) is 0. The fourth-order valence-corrected chi connectivity index (χ4v) is 3.54. The number of amides is 1. The van der Waals surface area contributed by atoms with Crippen molar-refractivity contribution in [3.05, 3.63) is 0 Å². The highest BCUT2D eigenvalue weighted by Crippen LogP contribution is 2.42. The molecule has 0 saturated carbocycles. The van der Waals surface area contributed by atoms with E-state index in [0.717, 1.165) is 19.4 Å². The van der Waals surface area contributed by atoms with Crippen LogP contribution in [0.2, 0.25) is 0 Å². The lowest BCUT2D eigenvalue weighted by molar-refractivity contribution is 0.0399. The monoisotopic (exact) mass is 226 g/mol. The predicted octanol–water partition coefficient (Wildman–Crippen LogP) is -0.0616. The Labute approximate surface area is 94.8 Å². The Balaban J connectivity index is 1.85. The van der Waals surface area contributed by atoms with Crippen LogP contribution >= 0.6 is 0 Å². The number of aliphatic hydroxyl groups excluding tert-OH is 1. The summed E-state index contributed by atoms with van der Waals surface area (Å²) in [6.45, 7) is 3.18. The molecule has 5 heteroatoms. The van der Waals surface area contributed by atoms with Gasteiger partial charge in [-0.3, -0.25) is 4.90 Å². The Bertz CT molecular complexity index is 308. The molecule has 0 aliphatic carbocycles. The molecule has 16 heavy (non-hydrogen) atoms. The summed E-state index contributed by atoms with van der Waals surface area (Å²) in [5.74, 6) is 0.606. The van der Waals surface area contributed by atoms with E-state index >= 15 is 0 Å². The number of piperidine rings is 2. The minimum Gasteiger partial charge on any atom is -0.450 e. The van der Waals surface area contributed by atoms with E-state index in [1.54, 1.807) is 4.90 Å². The fourth-order valence-electron chi connectivity index (χ4n) is 3.54. The van der Waals surface area contributed by atoms with Crippen molar-refractivity contribution in [1.29, 1.82) is 0 Å².